The Hall–Kier alpha value is -1.98. The molecule has 1 saturated carbocycles. The van der Waals surface area contributed by atoms with E-state index in [0.29, 0.717) is 42.1 Å². The lowest BCUT2D eigenvalue weighted by Gasteiger charge is -2.50. The molecule has 0 spiro atoms. The summed E-state index contributed by atoms with van der Waals surface area (Å²) in [5.74, 6) is -1.12. The minimum absolute atomic E-state index is 0.0880. The minimum atomic E-state index is -4.64. The Morgan fingerprint density at radius 2 is 2.06 bits per heavy atom. The van der Waals surface area contributed by atoms with Gasteiger partial charge in [0.25, 0.3) is 0 Å². The number of aliphatic hydroxyl groups is 1. The van der Waals surface area contributed by atoms with E-state index in [-0.39, 0.29) is 35.8 Å². The Labute approximate surface area is 184 Å². The van der Waals surface area contributed by atoms with Crippen molar-refractivity contribution in [3.63, 3.8) is 0 Å². The van der Waals surface area contributed by atoms with Crippen molar-refractivity contribution in [2.75, 3.05) is 13.7 Å². The fraction of sp³-hybridized carbons (Fsp3) is 0.636. The van der Waals surface area contributed by atoms with Crippen molar-refractivity contribution in [2.45, 2.75) is 57.3 Å². The Morgan fingerprint density at radius 1 is 1.35 bits per heavy atom. The number of likely N-dealkylation sites (tertiary alicyclic amines) is 1. The highest BCUT2D eigenvalue weighted by molar-refractivity contribution is 6.31. The number of fused-ring (bicyclic) bond motifs is 1. The highest BCUT2D eigenvalue weighted by Crippen LogP contribution is 2.47. The van der Waals surface area contributed by atoms with Crippen LogP contribution in [0.25, 0.3) is 0 Å². The molecule has 1 N–H and O–H groups in total. The first-order valence-corrected chi connectivity index (χ1v) is 10.8. The number of hydrogen-bond donors (Lipinski definition) is 1. The van der Waals surface area contributed by atoms with Crippen molar-refractivity contribution >= 4 is 17.5 Å². The van der Waals surface area contributed by atoms with Gasteiger partial charge in [-0.3, -0.25) is 4.79 Å². The molecule has 5 nitrogen and oxygen atoms in total. The summed E-state index contributed by atoms with van der Waals surface area (Å²) in [7, 11) is 1.43. The maximum Gasteiger partial charge on any atom is 0.414 e. The van der Waals surface area contributed by atoms with E-state index in [1.165, 1.54) is 7.11 Å². The average molecular weight is 459 g/mol. The lowest BCUT2D eigenvalue weighted by Crippen LogP contribution is -2.55. The van der Waals surface area contributed by atoms with E-state index in [1.54, 1.807) is 17.0 Å². The lowest BCUT2D eigenvalue weighted by molar-refractivity contribution is -0.233. The molecular weight excluding hydrogens is 433 g/mol. The zero-order chi connectivity index (χ0) is 22.9. The summed E-state index contributed by atoms with van der Waals surface area (Å²) in [5, 5.41) is 19.7. The third-order valence-electron chi connectivity index (χ3n) is 6.93. The first kappa shape index (κ1) is 23.7. The van der Waals surface area contributed by atoms with Crippen molar-refractivity contribution in [1.82, 2.24) is 4.90 Å². The smallest absolute Gasteiger partial charge is 0.414 e. The zero-order valence-corrected chi connectivity index (χ0v) is 18.2. The standard InChI is InChI=1S/C22H26ClF3N2O3/c1-12-13-4-3-5-15(21(30)22(24,25)26)14(13)8-9-28(12)20(29)10-16-17(11-27)19(31-2)7-6-18(16)23/h6-7,12-15,21,30H,3-5,8-10H2,1-2H3/t12-,13+,14+,15+,21-/m0/s1. The SMILES string of the molecule is COc1ccc(Cl)c(CC(=O)N2CC[C@H]3[C@H]([C@H](O)C(F)(F)F)CCC[C@@H]3[C@@H]2C)c1C#N. The first-order chi connectivity index (χ1) is 14.6. The van der Waals surface area contributed by atoms with Crippen LogP contribution < -0.4 is 4.74 Å². The van der Waals surface area contributed by atoms with Crippen molar-refractivity contribution < 1.29 is 27.8 Å². The van der Waals surface area contributed by atoms with Crippen LogP contribution in [0.15, 0.2) is 12.1 Å². The monoisotopic (exact) mass is 458 g/mol. The summed E-state index contributed by atoms with van der Waals surface area (Å²) in [6, 6.07) is 4.92. The molecule has 1 aromatic carbocycles. The topological polar surface area (TPSA) is 73.6 Å². The second-order valence-electron chi connectivity index (χ2n) is 8.42. The average Bonchev–Trinajstić information content (AvgIpc) is 2.73. The highest BCUT2D eigenvalue weighted by Gasteiger charge is 2.51. The molecular formula is C22H26ClF3N2O3. The molecule has 1 aromatic rings. The summed E-state index contributed by atoms with van der Waals surface area (Å²) in [4.78, 5) is 14.8. The van der Waals surface area contributed by atoms with Gasteiger partial charge in [0.05, 0.1) is 19.1 Å². The van der Waals surface area contributed by atoms with Crippen LogP contribution in [-0.4, -0.2) is 47.9 Å². The Morgan fingerprint density at radius 3 is 2.68 bits per heavy atom. The predicted octanol–water partition coefficient (Wildman–Crippen LogP) is 4.34. The number of ether oxygens (including phenoxy) is 1. The molecule has 1 amide bonds. The summed E-state index contributed by atoms with van der Waals surface area (Å²) >= 11 is 6.25. The molecule has 1 saturated heterocycles. The van der Waals surface area contributed by atoms with E-state index in [9.17, 15) is 28.3 Å². The van der Waals surface area contributed by atoms with Gasteiger partial charge in [0.15, 0.2) is 6.10 Å². The molecule has 1 aliphatic heterocycles. The fourth-order valence-corrected chi connectivity index (χ4v) is 5.62. The quantitative estimate of drug-likeness (QED) is 0.728. The van der Waals surface area contributed by atoms with E-state index in [2.05, 4.69) is 0 Å². The molecule has 2 aliphatic rings. The molecule has 0 aromatic heterocycles. The van der Waals surface area contributed by atoms with Gasteiger partial charge in [-0.15, -0.1) is 0 Å². The number of alkyl halides is 3. The predicted molar refractivity (Wildman–Crippen MR) is 109 cm³/mol. The van der Waals surface area contributed by atoms with Crippen LogP contribution in [0, 0.1) is 29.1 Å². The number of aliphatic hydroxyl groups excluding tert-OH is 1. The number of methoxy groups -OCH3 is 1. The number of carbonyl (C=O) groups excluding carboxylic acids is 1. The van der Waals surface area contributed by atoms with Crippen molar-refractivity contribution in [1.29, 1.82) is 5.26 Å². The van der Waals surface area contributed by atoms with Gasteiger partial charge in [-0.1, -0.05) is 18.0 Å². The van der Waals surface area contributed by atoms with Gasteiger partial charge in [-0.05, 0) is 56.1 Å². The van der Waals surface area contributed by atoms with Gasteiger partial charge in [0.1, 0.15) is 11.8 Å². The number of nitrogens with zero attached hydrogens (tertiary/aromatic N) is 2. The van der Waals surface area contributed by atoms with E-state index in [0.717, 1.165) is 6.42 Å². The Bertz CT molecular complexity index is 871. The van der Waals surface area contributed by atoms with Crippen LogP contribution in [0.5, 0.6) is 5.75 Å². The lowest BCUT2D eigenvalue weighted by atomic mass is 9.64. The molecule has 0 bridgehead atoms. The van der Waals surface area contributed by atoms with E-state index in [1.807, 2.05) is 13.0 Å². The fourth-order valence-electron chi connectivity index (χ4n) is 5.39. The van der Waals surface area contributed by atoms with Crippen LogP contribution in [-0.2, 0) is 11.2 Å². The second-order valence-corrected chi connectivity index (χ2v) is 8.82. The minimum Gasteiger partial charge on any atom is -0.495 e. The van der Waals surface area contributed by atoms with Crippen LogP contribution in [0.3, 0.4) is 0 Å². The van der Waals surface area contributed by atoms with E-state index in [4.69, 9.17) is 16.3 Å². The molecule has 3 rings (SSSR count). The summed E-state index contributed by atoms with van der Waals surface area (Å²) < 4.78 is 44.6. The van der Waals surface area contributed by atoms with Crippen LogP contribution in [0.4, 0.5) is 13.2 Å². The number of amides is 1. The molecule has 0 unspecified atom stereocenters. The molecule has 0 radical (unpaired) electrons. The number of carbonyl (C=O) groups is 1. The van der Waals surface area contributed by atoms with Gasteiger partial charge in [-0.2, -0.15) is 18.4 Å². The van der Waals surface area contributed by atoms with E-state index < -0.39 is 18.2 Å². The molecule has 5 atom stereocenters. The first-order valence-electron chi connectivity index (χ1n) is 10.4. The number of halogens is 4. The van der Waals surface area contributed by atoms with Gasteiger partial charge in [0, 0.05) is 23.2 Å². The second kappa shape index (κ2) is 9.25. The van der Waals surface area contributed by atoms with E-state index >= 15 is 0 Å². The third kappa shape index (κ3) is 4.63. The van der Waals surface area contributed by atoms with Crippen LogP contribution >= 0.6 is 11.6 Å². The summed E-state index contributed by atoms with van der Waals surface area (Å²) in [5.41, 5.74) is 0.591. The number of rotatable bonds is 4. The van der Waals surface area contributed by atoms with Crippen LogP contribution in [0.1, 0.15) is 43.7 Å². The van der Waals surface area contributed by atoms with Crippen LogP contribution in [0.2, 0.25) is 5.02 Å². The van der Waals surface area contributed by atoms with Gasteiger partial charge >= 0.3 is 6.18 Å². The van der Waals surface area contributed by atoms with Crippen molar-refractivity contribution in [3.8, 4) is 11.8 Å². The maximum absolute atomic E-state index is 13.1. The Kier molecular flexibility index (Phi) is 7.07. The van der Waals surface area contributed by atoms with Crippen molar-refractivity contribution in [3.05, 3.63) is 28.3 Å². The van der Waals surface area contributed by atoms with Gasteiger partial charge in [0.2, 0.25) is 5.91 Å². The zero-order valence-electron chi connectivity index (χ0n) is 17.5. The third-order valence-corrected chi connectivity index (χ3v) is 7.28. The summed E-state index contributed by atoms with van der Waals surface area (Å²) in [6.45, 7) is 2.17. The number of nitriles is 1. The largest absolute Gasteiger partial charge is 0.495 e. The molecule has 31 heavy (non-hydrogen) atoms. The Balaban J connectivity index is 1.78. The molecule has 1 aliphatic carbocycles. The highest BCUT2D eigenvalue weighted by atomic mass is 35.5. The molecule has 170 valence electrons. The normalized spacial score (nSPS) is 27.2. The number of hydrogen-bond acceptors (Lipinski definition) is 4. The molecule has 1 heterocycles. The van der Waals surface area contributed by atoms with Gasteiger partial charge in [-0.25, -0.2) is 0 Å². The van der Waals surface area contributed by atoms with Gasteiger partial charge < -0.3 is 14.7 Å². The maximum atomic E-state index is 13.1. The molecule has 2 fully saturated rings. The number of benzene rings is 1. The summed E-state index contributed by atoms with van der Waals surface area (Å²) in [6.07, 6.45) is -4.99. The van der Waals surface area contributed by atoms with Crippen molar-refractivity contribution in [2.24, 2.45) is 17.8 Å². The number of piperidine rings is 1. The molecule has 9 heteroatoms.